The largest absolute Gasteiger partial charge is 0.389 e. The maximum absolute atomic E-state index is 12.3. The normalized spacial score (nSPS) is 18.5. The quantitative estimate of drug-likeness (QED) is 0.764. The standard InChI is InChI=1S/C13H21N3O2S3/c1-10(16-7-3-2-4-8-16)9-15-21(17,18)12-6-5-11(20-12)13(14)19/h5-6,10,15H,2-4,7-9H2,1H3,(H2,14,19). The van der Waals surface area contributed by atoms with Crippen LogP contribution in [-0.4, -0.2) is 44.0 Å². The van der Waals surface area contributed by atoms with E-state index in [0.717, 1.165) is 24.4 Å². The van der Waals surface area contributed by atoms with E-state index in [1.54, 1.807) is 12.1 Å². The molecule has 2 rings (SSSR count). The van der Waals surface area contributed by atoms with Crippen molar-refractivity contribution < 1.29 is 8.42 Å². The highest BCUT2D eigenvalue weighted by Gasteiger charge is 2.21. The summed E-state index contributed by atoms with van der Waals surface area (Å²) in [6.07, 6.45) is 3.66. The lowest BCUT2D eigenvalue weighted by molar-refractivity contribution is 0.175. The Hall–Kier alpha value is -0.540. The Morgan fingerprint density at radius 2 is 2.10 bits per heavy atom. The molecule has 118 valence electrons. The number of thiophene rings is 1. The number of hydrogen-bond donors (Lipinski definition) is 2. The van der Waals surface area contributed by atoms with Gasteiger partial charge in [-0.25, -0.2) is 13.1 Å². The van der Waals surface area contributed by atoms with Crippen molar-refractivity contribution in [1.29, 1.82) is 0 Å². The minimum atomic E-state index is -3.48. The molecule has 1 saturated heterocycles. The summed E-state index contributed by atoms with van der Waals surface area (Å²) in [5.41, 5.74) is 5.51. The Kier molecular flexibility index (Phi) is 5.73. The summed E-state index contributed by atoms with van der Waals surface area (Å²) in [4.78, 5) is 3.18. The molecule has 0 aliphatic carbocycles. The summed E-state index contributed by atoms with van der Waals surface area (Å²) in [5.74, 6) is 0. The molecule has 0 aromatic carbocycles. The molecule has 0 amide bonds. The molecule has 1 aromatic rings. The third-order valence-electron chi connectivity index (χ3n) is 3.67. The summed E-state index contributed by atoms with van der Waals surface area (Å²) in [6, 6.07) is 3.40. The molecule has 0 bridgehead atoms. The SMILES string of the molecule is CC(CNS(=O)(=O)c1ccc(C(N)=S)s1)N1CCCCC1. The number of hydrogen-bond acceptors (Lipinski definition) is 5. The predicted molar refractivity (Wildman–Crippen MR) is 90.3 cm³/mol. The van der Waals surface area contributed by atoms with E-state index in [2.05, 4.69) is 16.5 Å². The second-order valence-electron chi connectivity index (χ2n) is 5.28. The van der Waals surface area contributed by atoms with Crippen LogP contribution in [0.5, 0.6) is 0 Å². The van der Waals surface area contributed by atoms with Gasteiger partial charge in [0.1, 0.15) is 9.20 Å². The summed E-state index contributed by atoms with van der Waals surface area (Å²) >= 11 is 5.96. The first-order valence-electron chi connectivity index (χ1n) is 7.03. The minimum Gasteiger partial charge on any atom is -0.389 e. The number of thiocarbonyl (C=S) groups is 1. The highest BCUT2D eigenvalue weighted by atomic mass is 32.2. The Morgan fingerprint density at radius 1 is 1.43 bits per heavy atom. The van der Waals surface area contributed by atoms with Gasteiger partial charge in [-0.1, -0.05) is 18.6 Å². The Morgan fingerprint density at radius 3 is 2.67 bits per heavy atom. The van der Waals surface area contributed by atoms with Crippen LogP contribution in [0.25, 0.3) is 0 Å². The van der Waals surface area contributed by atoms with Crippen LogP contribution >= 0.6 is 23.6 Å². The average Bonchev–Trinajstić information content (AvgIpc) is 2.97. The number of nitrogens with zero attached hydrogens (tertiary/aromatic N) is 1. The van der Waals surface area contributed by atoms with E-state index in [1.807, 2.05) is 0 Å². The highest BCUT2D eigenvalue weighted by molar-refractivity contribution is 7.91. The van der Waals surface area contributed by atoms with Gasteiger partial charge in [0.15, 0.2) is 0 Å². The number of likely N-dealkylation sites (tertiary alicyclic amines) is 1. The molecule has 1 aliphatic rings. The number of sulfonamides is 1. The van der Waals surface area contributed by atoms with Gasteiger partial charge >= 0.3 is 0 Å². The molecule has 1 unspecified atom stereocenters. The molecule has 3 N–H and O–H groups in total. The van der Waals surface area contributed by atoms with Gasteiger partial charge in [0.05, 0.1) is 4.88 Å². The van der Waals surface area contributed by atoms with Crippen molar-refractivity contribution in [2.75, 3.05) is 19.6 Å². The summed E-state index contributed by atoms with van der Waals surface area (Å²) in [5, 5.41) is 0. The highest BCUT2D eigenvalue weighted by Crippen LogP contribution is 2.21. The summed E-state index contributed by atoms with van der Waals surface area (Å²) in [6.45, 7) is 4.58. The third-order valence-corrected chi connectivity index (χ3v) is 7.05. The first kappa shape index (κ1) is 16.8. The van der Waals surface area contributed by atoms with Crippen LogP contribution in [0.15, 0.2) is 16.3 Å². The van der Waals surface area contributed by atoms with E-state index >= 15 is 0 Å². The summed E-state index contributed by atoms with van der Waals surface area (Å²) in [7, 11) is -3.48. The van der Waals surface area contributed by atoms with Crippen molar-refractivity contribution >= 4 is 38.6 Å². The first-order chi connectivity index (χ1) is 9.90. The van der Waals surface area contributed by atoms with Gasteiger partial charge in [-0.3, -0.25) is 4.90 Å². The molecular formula is C13H21N3O2S3. The van der Waals surface area contributed by atoms with Crippen molar-refractivity contribution in [2.24, 2.45) is 5.73 Å². The van der Waals surface area contributed by atoms with Crippen LogP contribution in [0.3, 0.4) is 0 Å². The number of nitrogens with two attached hydrogens (primary N) is 1. The average molecular weight is 348 g/mol. The number of piperidine rings is 1. The smallest absolute Gasteiger partial charge is 0.250 e. The van der Waals surface area contributed by atoms with Crippen LogP contribution in [0, 0.1) is 0 Å². The van der Waals surface area contributed by atoms with E-state index in [-0.39, 0.29) is 15.2 Å². The van der Waals surface area contributed by atoms with Crippen LogP contribution in [0.1, 0.15) is 31.1 Å². The minimum absolute atomic E-state index is 0.204. The van der Waals surface area contributed by atoms with Crippen molar-refractivity contribution in [3.05, 3.63) is 17.0 Å². The topological polar surface area (TPSA) is 75.4 Å². The molecule has 0 saturated carbocycles. The fourth-order valence-electron chi connectivity index (χ4n) is 2.39. The fourth-order valence-corrected chi connectivity index (χ4v) is 4.90. The van der Waals surface area contributed by atoms with Gasteiger partial charge < -0.3 is 5.73 Å². The van der Waals surface area contributed by atoms with Crippen LogP contribution < -0.4 is 10.5 Å². The molecule has 1 aromatic heterocycles. The van der Waals surface area contributed by atoms with Crippen LogP contribution in [0.4, 0.5) is 0 Å². The van der Waals surface area contributed by atoms with Gasteiger partial charge in [-0.15, -0.1) is 11.3 Å². The van der Waals surface area contributed by atoms with Gasteiger partial charge in [0.2, 0.25) is 10.0 Å². The van der Waals surface area contributed by atoms with E-state index < -0.39 is 10.0 Å². The molecule has 0 spiro atoms. The molecule has 0 radical (unpaired) electrons. The Labute approximate surface area is 135 Å². The zero-order valence-corrected chi connectivity index (χ0v) is 14.5. The Balaban J connectivity index is 1.95. The molecule has 1 fully saturated rings. The van der Waals surface area contributed by atoms with Crippen LogP contribution in [0.2, 0.25) is 0 Å². The van der Waals surface area contributed by atoms with Crippen molar-refractivity contribution in [2.45, 2.75) is 36.4 Å². The van der Waals surface area contributed by atoms with Crippen molar-refractivity contribution in [3.8, 4) is 0 Å². The molecule has 21 heavy (non-hydrogen) atoms. The zero-order valence-electron chi connectivity index (χ0n) is 12.0. The molecule has 1 aliphatic heterocycles. The maximum atomic E-state index is 12.3. The molecule has 2 heterocycles. The zero-order chi connectivity index (χ0) is 15.5. The van der Waals surface area contributed by atoms with Crippen LogP contribution in [-0.2, 0) is 10.0 Å². The van der Waals surface area contributed by atoms with E-state index in [0.29, 0.717) is 11.4 Å². The van der Waals surface area contributed by atoms with Crippen molar-refractivity contribution in [1.82, 2.24) is 9.62 Å². The fraction of sp³-hybridized carbons (Fsp3) is 0.615. The lowest BCUT2D eigenvalue weighted by Crippen LogP contribution is -2.44. The van der Waals surface area contributed by atoms with Gasteiger partial charge in [0.25, 0.3) is 0 Å². The van der Waals surface area contributed by atoms with E-state index in [9.17, 15) is 8.42 Å². The number of nitrogens with one attached hydrogen (secondary N) is 1. The monoisotopic (exact) mass is 347 g/mol. The second-order valence-corrected chi connectivity index (χ2v) is 8.80. The van der Waals surface area contributed by atoms with Gasteiger partial charge in [-0.05, 0) is 45.0 Å². The Bertz CT molecular complexity index is 592. The molecule has 5 nitrogen and oxygen atoms in total. The third kappa shape index (κ3) is 4.46. The molecular weight excluding hydrogens is 326 g/mol. The van der Waals surface area contributed by atoms with Crippen molar-refractivity contribution in [3.63, 3.8) is 0 Å². The first-order valence-corrected chi connectivity index (χ1v) is 9.74. The predicted octanol–water partition coefficient (Wildman–Crippen LogP) is 1.53. The van der Waals surface area contributed by atoms with E-state index in [4.69, 9.17) is 18.0 Å². The lowest BCUT2D eigenvalue weighted by atomic mass is 10.1. The van der Waals surface area contributed by atoms with Gasteiger partial charge in [0, 0.05) is 12.6 Å². The van der Waals surface area contributed by atoms with E-state index in [1.165, 1.54) is 19.3 Å². The maximum Gasteiger partial charge on any atom is 0.250 e. The second kappa shape index (κ2) is 7.15. The molecule has 8 heteroatoms. The molecule has 1 atom stereocenters. The number of rotatable bonds is 6. The lowest BCUT2D eigenvalue weighted by Gasteiger charge is -2.32. The van der Waals surface area contributed by atoms with Gasteiger partial charge in [-0.2, -0.15) is 0 Å². The summed E-state index contributed by atoms with van der Waals surface area (Å²) < 4.78 is 27.4.